The summed E-state index contributed by atoms with van der Waals surface area (Å²) < 4.78 is 34.7. The smallest absolute Gasteiger partial charge is 0.344 e. The summed E-state index contributed by atoms with van der Waals surface area (Å²) in [6, 6.07) is 6.52. The lowest BCUT2D eigenvalue weighted by Crippen LogP contribution is -2.48. The van der Waals surface area contributed by atoms with Gasteiger partial charge in [0.1, 0.15) is 5.75 Å². The Morgan fingerprint density at radius 3 is 2.67 bits per heavy atom. The number of halogens is 1. The second-order valence-corrected chi connectivity index (χ2v) is 9.67. The molecule has 1 saturated heterocycles. The maximum Gasteiger partial charge on any atom is 0.344 e. The van der Waals surface area contributed by atoms with Gasteiger partial charge in [-0.1, -0.05) is 28.9 Å². The topological polar surface area (TPSA) is 90.0 Å². The minimum absolute atomic E-state index is 0.0387. The van der Waals surface area contributed by atoms with Gasteiger partial charge in [-0.2, -0.15) is 0 Å². The first-order valence-corrected chi connectivity index (χ1v) is 11.4. The van der Waals surface area contributed by atoms with Crippen molar-refractivity contribution in [3.63, 3.8) is 0 Å². The molecular formula is C18H24BrNO6S. The van der Waals surface area contributed by atoms with Crippen molar-refractivity contribution < 1.29 is 27.5 Å². The first kappa shape index (κ1) is 21.7. The van der Waals surface area contributed by atoms with Crippen molar-refractivity contribution in [3.05, 3.63) is 28.7 Å². The van der Waals surface area contributed by atoms with E-state index < -0.39 is 22.4 Å². The van der Waals surface area contributed by atoms with Gasteiger partial charge in [-0.15, -0.1) is 0 Å². The highest BCUT2D eigenvalue weighted by Crippen LogP contribution is 2.21. The van der Waals surface area contributed by atoms with E-state index in [9.17, 15) is 18.0 Å². The van der Waals surface area contributed by atoms with Gasteiger partial charge in [0.05, 0.1) is 11.5 Å². The van der Waals surface area contributed by atoms with Crippen LogP contribution in [0.3, 0.4) is 0 Å². The first-order chi connectivity index (χ1) is 12.7. The van der Waals surface area contributed by atoms with E-state index in [1.165, 1.54) is 0 Å². The normalized spacial score (nSPS) is 19.3. The highest BCUT2D eigenvalue weighted by Gasteiger charge is 2.36. The van der Waals surface area contributed by atoms with Gasteiger partial charge in [0.25, 0.3) is 5.91 Å². The van der Waals surface area contributed by atoms with Crippen LogP contribution < -0.4 is 4.74 Å². The van der Waals surface area contributed by atoms with Crippen LogP contribution in [-0.4, -0.2) is 62.0 Å². The molecule has 2 unspecified atom stereocenters. The van der Waals surface area contributed by atoms with Gasteiger partial charge in [-0.25, -0.2) is 13.2 Å². The number of rotatable bonds is 8. The Balaban J connectivity index is 1.88. The molecule has 1 fully saturated rings. The zero-order chi connectivity index (χ0) is 20.0. The Morgan fingerprint density at radius 1 is 1.33 bits per heavy atom. The van der Waals surface area contributed by atoms with E-state index >= 15 is 0 Å². The monoisotopic (exact) mass is 461 g/mol. The van der Waals surface area contributed by atoms with E-state index in [2.05, 4.69) is 15.9 Å². The summed E-state index contributed by atoms with van der Waals surface area (Å²) in [5.74, 6) is -0.500. The van der Waals surface area contributed by atoms with Crippen LogP contribution in [0.2, 0.25) is 0 Å². The third-order valence-corrected chi connectivity index (χ3v) is 6.71. The zero-order valence-electron chi connectivity index (χ0n) is 15.4. The molecule has 0 aromatic heterocycles. The molecule has 1 aliphatic heterocycles. The lowest BCUT2D eigenvalue weighted by atomic mass is 10.1. The van der Waals surface area contributed by atoms with Gasteiger partial charge >= 0.3 is 5.97 Å². The van der Waals surface area contributed by atoms with E-state index in [1.807, 2.05) is 19.9 Å². The Bertz CT molecular complexity index is 782. The van der Waals surface area contributed by atoms with Crippen LogP contribution in [0.1, 0.15) is 26.7 Å². The summed E-state index contributed by atoms with van der Waals surface area (Å²) in [7, 11) is -3.12. The second kappa shape index (κ2) is 9.54. The van der Waals surface area contributed by atoms with Gasteiger partial charge in [0.2, 0.25) is 0 Å². The van der Waals surface area contributed by atoms with Crippen LogP contribution in [0.5, 0.6) is 5.75 Å². The number of amides is 1. The minimum atomic E-state index is -3.12. The number of benzene rings is 1. The number of esters is 1. The van der Waals surface area contributed by atoms with Crippen LogP contribution in [0.15, 0.2) is 28.7 Å². The number of hydrogen-bond donors (Lipinski definition) is 0. The van der Waals surface area contributed by atoms with Crippen molar-refractivity contribution in [1.29, 1.82) is 0 Å². The molecular weight excluding hydrogens is 438 g/mol. The lowest BCUT2D eigenvalue weighted by molar-refractivity contribution is -0.155. The summed E-state index contributed by atoms with van der Waals surface area (Å²) in [6.45, 7) is 3.04. The first-order valence-electron chi connectivity index (χ1n) is 8.77. The number of nitrogens with zero attached hydrogens (tertiary/aromatic N) is 1. The molecule has 0 N–H and O–H groups in total. The summed E-state index contributed by atoms with van der Waals surface area (Å²) in [6.07, 6.45) is 1.10. The molecule has 1 aromatic carbocycles. The summed E-state index contributed by atoms with van der Waals surface area (Å²) in [5.41, 5.74) is 0. The largest absolute Gasteiger partial charge is 0.482 e. The third-order valence-electron chi connectivity index (χ3n) is 4.46. The molecule has 0 bridgehead atoms. The number of carbonyl (C=O) groups is 2. The summed E-state index contributed by atoms with van der Waals surface area (Å²) >= 11 is 3.31. The maximum absolute atomic E-state index is 12.6. The van der Waals surface area contributed by atoms with Crippen LogP contribution in [-0.2, 0) is 24.2 Å². The van der Waals surface area contributed by atoms with Gasteiger partial charge in [-0.3, -0.25) is 4.79 Å². The van der Waals surface area contributed by atoms with Crippen LogP contribution in [0.4, 0.5) is 0 Å². The standard InChI is InChI=1S/C18H24BrNO6S/c1-3-13(2)20(15-7-8-27(23,24)12-15)17(21)10-26-18(22)11-25-16-6-4-5-14(19)9-16/h4-6,9,13,15H,3,7-8,10-12H2,1-2H3. The number of hydrogen-bond acceptors (Lipinski definition) is 6. The van der Waals surface area contributed by atoms with E-state index in [4.69, 9.17) is 9.47 Å². The summed E-state index contributed by atoms with van der Waals surface area (Å²) in [4.78, 5) is 26.0. The molecule has 1 amide bonds. The average Bonchev–Trinajstić information content (AvgIpc) is 2.97. The Kier molecular flexibility index (Phi) is 7.67. The third kappa shape index (κ3) is 6.49. The van der Waals surface area contributed by atoms with Gasteiger partial charge in [-0.05, 0) is 38.0 Å². The highest BCUT2D eigenvalue weighted by molar-refractivity contribution is 9.10. The SMILES string of the molecule is CCC(C)N(C(=O)COC(=O)COc1cccc(Br)c1)C1CCS(=O)(=O)C1. The fourth-order valence-electron chi connectivity index (χ4n) is 2.96. The molecule has 0 radical (unpaired) electrons. The predicted molar refractivity (Wildman–Crippen MR) is 104 cm³/mol. The highest BCUT2D eigenvalue weighted by atomic mass is 79.9. The Morgan fingerprint density at radius 2 is 2.07 bits per heavy atom. The quantitative estimate of drug-likeness (QED) is 0.551. The van der Waals surface area contributed by atoms with E-state index in [1.54, 1.807) is 23.1 Å². The molecule has 9 heteroatoms. The fourth-order valence-corrected chi connectivity index (χ4v) is 5.05. The Hall–Kier alpha value is -1.61. The van der Waals surface area contributed by atoms with Gasteiger partial charge in [0.15, 0.2) is 23.1 Å². The van der Waals surface area contributed by atoms with Crippen LogP contribution >= 0.6 is 15.9 Å². The van der Waals surface area contributed by atoms with Crippen molar-refractivity contribution in [3.8, 4) is 5.75 Å². The van der Waals surface area contributed by atoms with Crippen molar-refractivity contribution in [1.82, 2.24) is 4.90 Å². The predicted octanol–water partition coefficient (Wildman–Crippen LogP) is 2.19. The molecule has 2 atom stereocenters. The van der Waals surface area contributed by atoms with Crippen LogP contribution in [0.25, 0.3) is 0 Å². The van der Waals surface area contributed by atoms with E-state index in [0.29, 0.717) is 18.6 Å². The van der Waals surface area contributed by atoms with Crippen molar-refractivity contribution >= 4 is 37.6 Å². The maximum atomic E-state index is 12.6. The molecule has 150 valence electrons. The lowest BCUT2D eigenvalue weighted by Gasteiger charge is -2.33. The van der Waals surface area contributed by atoms with E-state index in [0.717, 1.165) is 4.47 Å². The molecule has 1 aromatic rings. The van der Waals surface area contributed by atoms with E-state index in [-0.39, 0.29) is 36.1 Å². The zero-order valence-corrected chi connectivity index (χ0v) is 17.8. The van der Waals surface area contributed by atoms with Crippen molar-refractivity contribution in [2.24, 2.45) is 0 Å². The second-order valence-electron chi connectivity index (χ2n) is 6.52. The molecule has 0 spiro atoms. The molecule has 0 aliphatic carbocycles. The molecule has 0 saturated carbocycles. The molecule has 7 nitrogen and oxygen atoms in total. The van der Waals surface area contributed by atoms with Gasteiger partial charge in [0, 0.05) is 16.6 Å². The van der Waals surface area contributed by atoms with Crippen molar-refractivity contribution in [2.45, 2.75) is 38.8 Å². The number of sulfone groups is 1. The number of ether oxygens (including phenoxy) is 2. The molecule has 1 aliphatic rings. The minimum Gasteiger partial charge on any atom is -0.482 e. The average molecular weight is 462 g/mol. The fraction of sp³-hybridized carbons (Fsp3) is 0.556. The molecule has 1 heterocycles. The molecule has 27 heavy (non-hydrogen) atoms. The van der Waals surface area contributed by atoms with Crippen LogP contribution in [0, 0.1) is 0 Å². The van der Waals surface area contributed by atoms with Crippen molar-refractivity contribution in [2.75, 3.05) is 24.7 Å². The van der Waals surface area contributed by atoms with Gasteiger partial charge < -0.3 is 14.4 Å². The summed E-state index contributed by atoms with van der Waals surface area (Å²) in [5, 5.41) is 0. The molecule has 2 rings (SSSR count). The Labute approximate surface area is 168 Å². The number of carbonyl (C=O) groups excluding carboxylic acids is 2.